The number of carbonyl (C=O) groups excluding carboxylic acids is 2. The zero-order valence-corrected chi connectivity index (χ0v) is 24.3. The van der Waals surface area contributed by atoms with E-state index in [0.717, 1.165) is 27.1 Å². The average Bonchev–Trinajstić information content (AvgIpc) is 3.45. The van der Waals surface area contributed by atoms with E-state index < -0.39 is 18.5 Å². The minimum absolute atomic E-state index is 0.0618. The molecule has 1 N–H and O–H groups in total. The standard InChI is InChI=1S/C33H27ClN2O5S/c1-39-29-16-13-25(19-27(29)34)35-31(37)21-41-32(38)18-24(33-36-28-9-5-6-10-30(28)42-33)17-22-11-14-26(15-12-22)40-20-23-7-3-2-4-8-23/h2-17,19H,18,20-21H2,1H3,(H,35,37). The Morgan fingerprint density at radius 3 is 2.45 bits per heavy atom. The number of hydrogen-bond acceptors (Lipinski definition) is 7. The summed E-state index contributed by atoms with van der Waals surface area (Å²) >= 11 is 7.61. The van der Waals surface area contributed by atoms with Crippen molar-refractivity contribution in [1.82, 2.24) is 4.98 Å². The minimum Gasteiger partial charge on any atom is -0.495 e. The second kappa shape index (κ2) is 13.8. The summed E-state index contributed by atoms with van der Waals surface area (Å²) in [5, 5.41) is 3.72. The number of para-hydroxylation sites is 1. The minimum atomic E-state index is -0.550. The highest BCUT2D eigenvalue weighted by Crippen LogP contribution is 2.31. The van der Waals surface area contributed by atoms with Crippen molar-refractivity contribution in [3.63, 3.8) is 0 Å². The van der Waals surface area contributed by atoms with E-state index in [9.17, 15) is 9.59 Å². The summed E-state index contributed by atoms with van der Waals surface area (Å²) in [5.41, 5.74) is 3.95. The molecule has 7 nitrogen and oxygen atoms in total. The van der Waals surface area contributed by atoms with Crippen LogP contribution in [0.3, 0.4) is 0 Å². The van der Waals surface area contributed by atoms with E-state index in [1.165, 1.54) is 18.4 Å². The van der Waals surface area contributed by atoms with Crippen molar-refractivity contribution in [3.8, 4) is 11.5 Å². The SMILES string of the molecule is COc1ccc(NC(=O)COC(=O)CC(=Cc2ccc(OCc3ccccc3)cc2)c2nc3ccccc3s2)cc1Cl. The lowest BCUT2D eigenvalue weighted by atomic mass is 10.1. The van der Waals surface area contributed by atoms with Crippen LogP contribution in [0.1, 0.15) is 22.6 Å². The third-order valence-corrected chi connectivity index (χ3v) is 7.58. The summed E-state index contributed by atoms with van der Waals surface area (Å²) < 4.78 is 17.3. The lowest BCUT2D eigenvalue weighted by molar-refractivity contribution is -0.146. The maximum absolute atomic E-state index is 12.9. The highest BCUT2D eigenvalue weighted by atomic mass is 35.5. The lowest BCUT2D eigenvalue weighted by Crippen LogP contribution is -2.21. The van der Waals surface area contributed by atoms with Gasteiger partial charge in [0.1, 0.15) is 23.1 Å². The van der Waals surface area contributed by atoms with Gasteiger partial charge in [0.15, 0.2) is 6.61 Å². The summed E-state index contributed by atoms with van der Waals surface area (Å²) in [5.74, 6) is 0.193. The molecule has 0 radical (unpaired) electrons. The van der Waals surface area contributed by atoms with Crippen molar-refractivity contribution >= 4 is 62.4 Å². The van der Waals surface area contributed by atoms with E-state index in [-0.39, 0.29) is 6.42 Å². The summed E-state index contributed by atoms with van der Waals surface area (Å²) in [4.78, 5) is 30.0. The van der Waals surface area contributed by atoms with E-state index in [1.54, 1.807) is 18.2 Å². The third-order valence-electron chi connectivity index (χ3n) is 6.17. The van der Waals surface area contributed by atoms with Gasteiger partial charge in [-0.2, -0.15) is 0 Å². The number of amides is 1. The Morgan fingerprint density at radius 1 is 0.952 bits per heavy atom. The van der Waals surface area contributed by atoms with E-state index in [1.807, 2.05) is 84.9 Å². The van der Waals surface area contributed by atoms with E-state index in [0.29, 0.717) is 33.6 Å². The number of rotatable bonds is 11. The maximum Gasteiger partial charge on any atom is 0.310 e. The first-order valence-corrected chi connectivity index (χ1v) is 14.3. The highest BCUT2D eigenvalue weighted by molar-refractivity contribution is 7.19. The van der Waals surface area contributed by atoms with Crippen LogP contribution in [-0.2, 0) is 20.9 Å². The molecule has 0 saturated carbocycles. The van der Waals surface area contributed by atoms with Gasteiger partial charge in [-0.25, -0.2) is 4.98 Å². The van der Waals surface area contributed by atoms with E-state index in [4.69, 9.17) is 30.8 Å². The van der Waals surface area contributed by atoms with Crippen LogP contribution in [-0.4, -0.2) is 30.6 Å². The molecule has 1 amide bonds. The summed E-state index contributed by atoms with van der Waals surface area (Å²) in [6.45, 7) is 0.0287. The summed E-state index contributed by atoms with van der Waals surface area (Å²) in [7, 11) is 1.51. The van der Waals surface area contributed by atoms with Crippen LogP contribution in [0.2, 0.25) is 5.02 Å². The molecule has 5 rings (SSSR count). The van der Waals surface area contributed by atoms with Crippen LogP contribution in [0.5, 0.6) is 11.5 Å². The average molecular weight is 599 g/mol. The van der Waals surface area contributed by atoms with Crippen LogP contribution in [0.15, 0.2) is 97.1 Å². The number of thiazole rings is 1. The Balaban J connectivity index is 1.26. The molecule has 9 heteroatoms. The van der Waals surface area contributed by atoms with Crippen LogP contribution in [0.4, 0.5) is 5.69 Å². The Kier molecular flexibility index (Phi) is 9.48. The van der Waals surface area contributed by atoms with Crippen molar-refractivity contribution in [3.05, 3.63) is 118 Å². The van der Waals surface area contributed by atoms with Crippen LogP contribution in [0, 0.1) is 0 Å². The van der Waals surface area contributed by atoms with Gasteiger partial charge in [0.25, 0.3) is 5.91 Å². The van der Waals surface area contributed by atoms with Crippen molar-refractivity contribution in [2.45, 2.75) is 13.0 Å². The van der Waals surface area contributed by atoms with Gasteiger partial charge in [0.2, 0.25) is 0 Å². The first kappa shape index (κ1) is 28.9. The molecule has 1 aromatic heterocycles. The predicted octanol–water partition coefficient (Wildman–Crippen LogP) is 7.65. The normalized spacial score (nSPS) is 11.2. The van der Waals surface area contributed by atoms with Gasteiger partial charge in [0.05, 0.1) is 28.8 Å². The lowest BCUT2D eigenvalue weighted by Gasteiger charge is -2.10. The number of ether oxygens (including phenoxy) is 3. The Morgan fingerprint density at radius 2 is 1.71 bits per heavy atom. The molecule has 0 atom stereocenters. The largest absolute Gasteiger partial charge is 0.495 e. The highest BCUT2D eigenvalue weighted by Gasteiger charge is 2.16. The van der Waals surface area contributed by atoms with Gasteiger partial charge in [-0.15, -0.1) is 11.3 Å². The molecule has 212 valence electrons. The molecule has 0 spiro atoms. The molecule has 1 heterocycles. The molecule has 0 unspecified atom stereocenters. The van der Waals surface area contributed by atoms with Crippen LogP contribution in [0.25, 0.3) is 21.9 Å². The Labute approximate surface area is 252 Å². The van der Waals surface area contributed by atoms with Crippen molar-refractivity contribution in [1.29, 1.82) is 0 Å². The van der Waals surface area contributed by atoms with Gasteiger partial charge < -0.3 is 19.5 Å². The molecule has 5 aromatic rings. The zero-order chi connectivity index (χ0) is 29.3. The molecular formula is C33H27ClN2O5S. The van der Waals surface area contributed by atoms with E-state index in [2.05, 4.69) is 5.32 Å². The summed E-state index contributed by atoms with van der Waals surface area (Å²) in [6.07, 6.45) is 1.84. The third kappa shape index (κ3) is 7.75. The Bertz CT molecular complexity index is 1690. The van der Waals surface area contributed by atoms with E-state index >= 15 is 0 Å². The zero-order valence-electron chi connectivity index (χ0n) is 22.7. The van der Waals surface area contributed by atoms with Crippen LogP contribution < -0.4 is 14.8 Å². The molecular weight excluding hydrogens is 572 g/mol. The number of anilines is 1. The monoisotopic (exact) mass is 598 g/mol. The number of benzene rings is 4. The van der Waals surface area contributed by atoms with Crippen molar-refractivity contribution in [2.24, 2.45) is 0 Å². The van der Waals surface area contributed by atoms with Gasteiger partial charge in [-0.05, 0) is 65.2 Å². The van der Waals surface area contributed by atoms with Crippen molar-refractivity contribution in [2.75, 3.05) is 19.0 Å². The van der Waals surface area contributed by atoms with Gasteiger partial charge in [-0.3, -0.25) is 9.59 Å². The van der Waals surface area contributed by atoms with Gasteiger partial charge >= 0.3 is 5.97 Å². The number of nitrogens with one attached hydrogen (secondary N) is 1. The first-order valence-electron chi connectivity index (χ1n) is 13.1. The van der Waals surface area contributed by atoms with Gasteiger partial charge in [0, 0.05) is 5.69 Å². The topological polar surface area (TPSA) is 86.8 Å². The second-order valence-corrected chi connectivity index (χ2v) is 10.7. The smallest absolute Gasteiger partial charge is 0.310 e. The quantitative estimate of drug-likeness (QED) is 0.157. The summed E-state index contributed by atoms with van der Waals surface area (Å²) in [6, 6.07) is 30.2. The molecule has 0 aliphatic carbocycles. The molecule has 0 bridgehead atoms. The Hall–Kier alpha value is -4.66. The fraction of sp³-hybridized carbons (Fsp3) is 0.121. The second-order valence-electron chi connectivity index (χ2n) is 9.23. The molecule has 0 fully saturated rings. The van der Waals surface area contributed by atoms with Gasteiger partial charge in [-0.1, -0.05) is 66.2 Å². The first-order chi connectivity index (χ1) is 20.5. The van der Waals surface area contributed by atoms with Crippen molar-refractivity contribution < 1.29 is 23.8 Å². The van der Waals surface area contributed by atoms with Crippen LogP contribution >= 0.6 is 22.9 Å². The number of fused-ring (bicyclic) bond motifs is 1. The molecule has 42 heavy (non-hydrogen) atoms. The number of aromatic nitrogens is 1. The molecule has 4 aromatic carbocycles. The maximum atomic E-state index is 12.9. The fourth-order valence-electron chi connectivity index (χ4n) is 4.09. The predicted molar refractivity (Wildman–Crippen MR) is 167 cm³/mol. The number of nitrogens with zero attached hydrogens (tertiary/aromatic N) is 1. The fourth-order valence-corrected chi connectivity index (χ4v) is 5.33. The number of methoxy groups -OCH3 is 1. The molecule has 0 aliphatic rings. The number of carbonyl (C=O) groups is 2. The number of halogens is 1. The molecule has 0 aliphatic heterocycles. The molecule has 0 saturated heterocycles. The number of hydrogen-bond donors (Lipinski definition) is 1. The number of esters is 1.